The molecule has 0 atom stereocenters. The molecule has 0 aromatic carbocycles. The third-order valence-electron chi connectivity index (χ3n) is 2.41. The van der Waals surface area contributed by atoms with Crippen molar-refractivity contribution >= 4 is 5.91 Å². The Labute approximate surface area is 90.7 Å². The molecule has 0 aliphatic heterocycles. The van der Waals surface area contributed by atoms with Crippen LogP contribution in [0.4, 0.5) is 0 Å². The maximum Gasteiger partial charge on any atom is 0.270 e. The Bertz CT molecular complexity index is 344. The Morgan fingerprint density at radius 1 is 1.53 bits per heavy atom. The third-order valence-corrected chi connectivity index (χ3v) is 2.41. The number of carbonyl (C=O) groups is 1. The molecule has 1 rings (SSSR count). The normalized spacial score (nSPS) is 10.4. The van der Waals surface area contributed by atoms with Crippen LogP contribution in [0.5, 0.6) is 0 Å². The summed E-state index contributed by atoms with van der Waals surface area (Å²) in [5, 5.41) is 3.02. The third kappa shape index (κ3) is 2.83. The summed E-state index contributed by atoms with van der Waals surface area (Å²) in [4.78, 5) is 16.8. The lowest BCUT2D eigenvalue weighted by Crippen LogP contribution is -2.33. The van der Waals surface area contributed by atoms with E-state index >= 15 is 0 Å². The van der Waals surface area contributed by atoms with E-state index in [-0.39, 0.29) is 5.91 Å². The predicted octanol–water partition coefficient (Wildman–Crippen LogP) is 0.923. The van der Waals surface area contributed by atoms with Crippen LogP contribution in [0, 0.1) is 13.8 Å². The smallest absolute Gasteiger partial charge is 0.270 e. The van der Waals surface area contributed by atoms with Gasteiger partial charge in [-0.3, -0.25) is 4.79 Å². The summed E-state index contributed by atoms with van der Waals surface area (Å²) in [6, 6.07) is 1.99. The molecule has 0 fully saturated rings. The van der Waals surface area contributed by atoms with Crippen molar-refractivity contribution in [3.8, 4) is 0 Å². The number of nitrogens with zero attached hydrogens (tertiary/aromatic N) is 1. The number of aryl methyl sites for hydroxylation is 2. The fourth-order valence-electron chi connectivity index (χ4n) is 1.52. The van der Waals surface area contributed by atoms with Gasteiger partial charge in [0.25, 0.3) is 5.91 Å². The van der Waals surface area contributed by atoms with Crippen molar-refractivity contribution in [2.45, 2.75) is 13.8 Å². The SMILES string of the molecule is CNCCN(C)C(=O)c1[nH]c(C)cc1C. The van der Waals surface area contributed by atoms with Crippen LogP contribution < -0.4 is 5.32 Å². The van der Waals surface area contributed by atoms with Gasteiger partial charge < -0.3 is 15.2 Å². The summed E-state index contributed by atoms with van der Waals surface area (Å²) in [7, 11) is 3.69. The van der Waals surface area contributed by atoms with Crippen molar-refractivity contribution in [1.82, 2.24) is 15.2 Å². The first-order valence-electron chi connectivity index (χ1n) is 5.12. The van der Waals surface area contributed by atoms with Gasteiger partial charge in [0, 0.05) is 25.8 Å². The lowest BCUT2D eigenvalue weighted by molar-refractivity contribution is 0.0791. The monoisotopic (exact) mass is 209 g/mol. The number of rotatable bonds is 4. The highest BCUT2D eigenvalue weighted by atomic mass is 16.2. The molecule has 1 aromatic heterocycles. The molecule has 0 radical (unpaired) electrons. The van der Waals surface area contributed by atoms with Gasteiger partial charge in [0.05, 0.1) is 0 Å². The number of carbonyl (C=O) groups excluding carboxylic acids is 1. The second-order valence-electron chi connectivity index (χ2n) is 3.84. The molecule has 0 saturated carbocycles. The number of aromatic amines is 1. The molecule has 1 heterocycles. The highest BCUT2D eigenvalue weighted by Gasteiger charge is 2.15. The van der Waals surface area contributed by atoms with E-state index in [0.29, 0.717) is 12.2 Å². The summed E-state index contributed by atoms with van der Waals surface area (Å²) < 4.78 is 0. The van der Waals surface area contributed by atoms with Crippen LogP contribution in [0.1, 0.15) is 21.7 Å². The minimum Gasteiger partial charge on any atom is -0.354 e. The molecular formula is C11H19N3O. The first kappa shape index (κ1) is 11.8. The number of nitrogens with one attached hydrogen (secondary N) is 2. The molecule has 0 spiro atoms. The Hall–Kier alpha value is -1.29. The van der Waals surface area contributed by atoms with Gasteiger partial charge in [-0.15, -0.1) is 0 Å². The first-order valence-corrected chi connectivity index (χ1v) is 5.12. The fourth-order valence-corrected chi connectivity index (χ4v) is 1.52. The molecule has 0 saturated heterocycles. The molecule has 0 unspecified atom stereocenters. The van der Waals surface area contributed by atoms with Crippen LogP contribution >= 0.6 is 0 Å². The summed E-state index contributed by atoms with van der Waals surface area (Å²) >= 11 is 0. The zero-order chi connectivity index (χ0) is 11.4. The van der Waals surface area contributed by atoms with Crippen molar-refractivity contribution in [3.05, 3.63) is 23.0 Å². The second-order valence-corrected chi connectivity index (χ2v) is 3.84. The molecule has 4 heteroatoms. The number of hydrogen-bond donors (Lipinski definition) is 2. The zero-order valence-corrected chi connectivity index (χ0v) is 9.85. The summed E-state index contributed by atoms with van der Waals surface area (Å²) in [6.07, 6.45) is 0. The van der Waals surface area contributed by atoms with Crippen LogP contribution in [0.3, 0.4) is 0 Å². The number of amides is 1. The summed E-state index contributed by atoms with van der Waals surface area (Å²) in [6.45, 7) is 5.42. The van der Waals surface area contributed by atoms with Gasteiger partial charge in [0.2, 0.25) is 0 Å². The van der Waals surface area contributed by atoms with Gasteiger partial charge in [-0.25, -0.2) is 0 Å². The molecule has 15 heavy (non-hydrogen) atoms. The molecule has 2 N–H and O–H groups in total. The Balaban J connectivity index is 2.71. The number of likely N-dealkylation sites (N-methyl/N-ethyl adjacent to an activating group) is 2. The highest BCUT2D eigenvalue weighted by Crippen LogP contribution is 2.10. The molecule has 1 aromatic rings. The lowest BCUT2D eigenvalue weighted by Gasteiger charge is -2.16. The predicted molar refractivity (Wildman–Crippen MR) is 61.2 cm³/mol. The molecule has 1 amide bonds. The molecule has 0 aliphatic carbocycles. The average Bonchev–Trinajstić information content (AvgIpc) is 2.53. The zero-order valence-electron chi connectivity index (χ0n) is 9.85. The van der Waals surface area contributed by atoms with Crippen molar-refractivity contribution in [2.24, 2.45) is 0 Å². The van der Waals surface area contributed by atoms with Crippen molar-refractivity contribution in [1.29, 1.82) is 0 Å². The minimum atomic E-state index is 0.0517. The van der Waals surface area contributed by atoms with Gasteiger partial charge in [0.15, 0.2) is 0 Å². The number of hydrogen-bond acceptors (Lipinski definition) is 2. The topological polar surface area (TPSA) is 48.1 Å². The number of aromatic nitrogens is 1. The first-order chi connectivity index (χ1) is 7.06. The average molecular weight is 209 g/mol. The number of H-pyrrole nitrogens is 1. The summed E-state index contributed by atoms with van der Waals surface area (Å²) in [5.74, 6) is 0.0517. The Morgan fingerprint density at radius 2 is 2.20 bits per heavy atom. The fraction of sp³-hybridized carbons (Fsp3) is 0.545. The highest BCUT2D eigenvalue weighted by molar-refractivity contribution is 5.93. The van der Waals surface area contributed by atoms with Crippen molar-refractivity contribution in [2.75, 3.05) is 27.2 Å². The lowest BCUT2D eigenvalue weighted by atomic mass is 10.2. The molecule has 0 bridgehead atoms. The van der Waals surface area contributed by atoms with Crippen molar-refractivity contribution < 1.29 is 4.79 Å². The molecular weight excluding hydrogens is 190 g/mol. The van der Waals surface area contributed by atoms with Crippen molar-refractivity contribution in [3.63, 3.8) is 0 Å². The van der Waals surface area contributed by atoms with E-state index in [1.54, 1.807) is 4.90 Å². The van der Waals surface area contributed by atoms with Crippen LogP contribution in [-0.2, 0) is 0 Å². The van der Waals surface area contributed by atoms with E-state index in [2.05, 4.69) is 10.3 Å². The minimum absolute atomic E-state index is 0.0517. The van der Waals surface area contributed by atoms with E-state index < -0.39 is 0 Å². The van der Waals surface area contributed by atoms with E-state index in [4.69, 9.17) is 0 Å². The van der Waals surface area contributed by atoms with Gasteiger partial charge in [-0.2, -0.15) is 0 Å². The van der Waals surface area contributed by atoms with Crippen LogP contribution in [0.25, 0.3) is 0 Å². The standard InChI is InChI=1S/C11H19N3O/c1-8-7-9(2)13-10(8)11(15)14(4)6-5-12-3/h7,12-13H,5-6H2,1-4H3. The maximum atomic E-state index is 12.0. The van der Waals surface area contributed by atoms with Crippen LogP contribution in [0.15, 0.2) is 6.07 Å². The largest absolute Gasteiger partial charge is 0.354 e. The molecule has 4 nitrogen and oxygen atoms in total. The van der Waals surface area contributed by atoms with Gasteiger partial charge >= 0.3 is 0 Å². The van der Waals surface area contributed by atoms with Crippen LogP contribution in [-0.4, -0.2) is 43.0 Å². The van der Waals surface area contributed by atoms with E-state index in [1.807, 2.05) is 34.0 Å². The van der Waals surface area contributed by atoms with Gasteiger partial charge in [0.1, 0.15) is 5.69 Å². The molecule has 0 aliphatic rings. The van der Waals surface area contributed by atoms with Gasteiger partial charge in [-0.1, -0.05) is 0 Å². The Kier molecular flexibility index (Phi) is 3.91. The quantitative estimate of drug-likeness (QED) is 0.774. The Morgan fingerprint density at radius 3 is 2.67 bits per heavy atom. The second kappa shape index (κ2) is 4.98. The van der Waals surface area contributed by atoms with E-state index in [0.717, 1.165) is 17.8 Å². The molecule has 84 valence electrons. The summed E-state index contributed by atoms with van der Waals surface area (Å²) in [5.41, 5.74) is 2.73. The van der Waals surface area contributed by atoms with Gasteiger partial charge in [-0.05, 0) is 32.5 Å². The van der Waals surface area contributed by atoms with E-state index in [9.17, 15) is 4.79 Å². The van der Waals surface area contributed by atoms with E-state index in [1.165, 1.54) is 0 Å². The maximum absolute atomic E-state index is 12.0. The van der Waals surface area contributed by atoms with Crippen LogP contribution in [0.2, 0.25) is 0 Å².